The molecule has 2 atom stereocenters. The van der Waals surface area contributed by atoms with Crippen LogP contribution in [0.1, 0.15) is 59.4 Å². The predicted octanol–water partition coefficient (Wildman–Crippen LogP) is 4.28. The van der Waals surface area contributed by atoms with Crippen LogP contribution in [0, 0.1) is 5.92 Å². The van der Waals surface area contributed by atoms with E-state index in [0.717, 1.165) is 0 Å². The van der Waals surface area contributed by atoms with Crippen LogP contribution < -0.4 is 15.2 Å². The third-order valence-corrected chi connectivity index (χ3v) is 4.57. The van der Waals surface area contributed by atoms with Gasteiger partial charge in [-0.2, -0.15) is 0 Å². The minimum atomic E-state index is -2.30. The molecule has 12 nitrogen and oxygen atoms in total. The Morgan fingerprint density at radius 2 is 1.42 bits per heavy atom. The molecular weight excluding hydrogens is 478 g/mol. The number of esters is 1. The molecule has 202 valence electrons. The zero-order chi connectivity index (χ0) is 27.3. The average molecular weight is 514 g/mol. The first-order valence-electron chi connectivity index (χ1n) is 11.6. The molecule has 36 heavy (non-hydrogen) atoms. The van der Waals surface area contributed by atoms with Gasteiger partial charge >= 0.3 is 24.4 Å². The number of hydrogen-bond donors (Lipinski definition) is 1. The van der Waals surface area contributed by atoms with Gasteiger partial charge in [0.1, 0.15) is 0 Å². The summed E-state index contributed by atoms with van der Waals surface area (Å²) >= 11 is 0. The minimum absolute atomic E-state index is 0.0173. The maximum atomic E-state index is 12.9. The van der Waals surface area contributed by atoms with Gasteiger partial charge in [0.25, 0.3) is 5.72 Å². The van der Waals surface area contributed by atoms with E-state index in [1.807, 2.05) is 13.8 Å². The molecule has 2 N–H and O–H groups in total. The van der Waals surface area contributed by atoms with Crippen LogP contribution in [0.2, 0.25) is 0 Å². The highest BCUT2D eigenvalue weighted by Gasteiger charge is 2.47. The Morgan fingerprint density at radius 1 is 0.833 bits per heavy atom. The summed E-state index contributed by atoms with van der Waals surface area (Å²) in [6.07, 6.45) is -2.74. The molecule has 12 heteroatoms. The predicted molar refractivity (Wildman–Crippen MR) is 126 cm³/mol. The molecule has 1 aromatic carbocycles. The monoisotopic (exact) mass is 513 g/mol. The van der Waals surface area contributed by atoms with E-state index in [0.29, 0.717) is 6.42 Å². The first kappa shape index (κ1) is 30.5. The van der Waals surface area contributed by atoms with Gasteiger partial charge in [0.2, 0.25) is 0 Å². The number of nitrogens with two attached hydrogens (primary N) is 1. The number of ether oxygens (including phenoxy) is 7. The highest BCUT2D eigenvalue weighted by Crippen LogP contribution is 2.36. The third-order valence-electron chi connectivity index (χ3n) is 4.57. The van der Waals surface area contributed by atoms with Crippen molar-refractivity contribution in [3.63, 3.8) is 0 Å². The normalized spacial score (nSPS) is 13.1. The quantitative estimate of drug-likeness (QED) is 0.183. The smallest absolute Gasteiger partial charge is 0.462 e. The van der Waals surface area contributed by atoms with E-state index in [9.17, 15) is 19.2 Å². The SMILES string of the molecule is CCCOC(=O)[C@](N)(OC(=O)OCC(C)C)C(C)c1ccc(OC(=O)OCC)c(OC(=O)OCC)c1. The summed E-state index contributed by atoms with van der Waals surface area (Å²) in [4.78, 5) is 48.9. The van der Waals surface area contributed by atoms with E-state index >= 15 is 0 Å². The number of carbonyl (C=O) groups is 4. The van der Waals surface area contributed by atoms with Crippen LogP contribution in [0.3, 0.4) is 0 Å². The van der Waals surface area contributed by atoms with E-state index in [1.165, 1.54) is 25.1 Å². The van der Waals surface area contributed by atoms with Gasteiger partial charge in [-0.3, -0.25) is 5.73 Å². The molecule has 0 spiro atoms. The third kappa shape index (κ3) is 9.25. The molecule has 0 bridgehead atoms. The van der Waals surface area contributed by atoms with Gasteiger partial charge < -0.3 is 33.2 Å². The van der Waals surface area contributed by atoms with Gasteiger partial charge in [-0.15, -0.1) is 0 Å². The Hall–Kier alpha value is -3.54. The van der Waals surface area contributed by atoms with Gasteiger partial charge in [-0.05, 0) is 43.9 Å². The van der Waals surface area contributed by atoms with E-state index in [-0.39, 0.29) is 49.4 Å². The van der Waals surface area contributed by atoms with Gasteiger partial charge in [-0.1, -0.05) is 33.8 Å². The molecule has 1 aromatic rings. The number of rotatable bonds is 12. The second kappa shape index (κ2) is 14.8. The second-order valence-electron chi connectivity index (χ2n) is 7.98. The molecule has 0 aliphatic carbocycles. The van der Waals surface area contributed by atoms with Crippen molar-refractivity contribution >= 4 is 24.4 Å². The van der Waals surface area contributed by atoms with Crippen molar-refractivity contribution in [3.8, 4) is 11.5 Å². The van der Waals surface area contributed by atoms with Crippen molar-refractivity contribution in [2.24, 2.45) is 11.7 Å². The first-order valence-corrected chi connectivity index (χ1v) is 11.6. The van der Waals surface area contributed by atoms with Crippen molar-refractivity contribution in [2.75, 3.05) is 26.4 Å². The lowest BCUT2D eigenvalue weighted by Crippen LogP contribution is -2.56. The van der Waals surface area contributed by atoms with Crippen LogP contribution >= 0.6 is 0 Å². The van der Waals surface area contributed by atoms with Crippen LogP contribution in [0.15, 0.2) is 18.2 Å². The van der Waals surface area contributed by atoms with Crippen molar-refractivity contribution in [1.82, 2.24) is 0 Å². The molecular formula is C24H35NO11. The Morgan fingerprint density at radius 3 is 1.94 bits per heavy atom. The zero-order valence-electron chi connectivity index (χ0n) is 21.5. The molecule has 0 fully saturated rings. The van der Waals surface area contributed by atoms with E-state index in [2.05, 4.69) is 0 Å². The van der Waals surface area contributed by atoms with Crippen molar-refractivity contribution in [1.29, 1.82) is 0 Å². The highest BCUT2D eigenvalue weighted by molar-refractivity contribution is 5.83. The van der Waals surface area contributed by atoms with E-state index < -0.39 is 36.1 Å². The molecule has 0 radical (unpaired) electrons. The molecule has 0 saturated carbocycles. The van der Waals surface area contributed by atoms with Crippen molar-refractivity contribution in [3.05, 3.63) is 23.8 Å². The molecule has 0 amide bonds. The molecule has 0 saturated heterocycles. The fourth-order valence-electron chi connectivity index (χ4n) is 2.70. The summed E-state index contributed by atoms with van der Waals surface area (Å²) in [5.41, 5.74) is 4.27. The maximum absolute atomic E-state index is 12.9. The second-order valence-corrected chi connectivity index (χ2v) is 7.98. The lowest BCUT2D eigenvalue weighted by atomic mass is 9.90. The highest BCUT2D eigenvalue weighted by atomic mass is 16.8. The Balaban J connectivity index is 3.38. The molecule has 1 unspecified atom stereocenters. The molecule has 0 aliphatic heterocycles. The molecule has 1 rings (SSSR count). The van der Waals surface area contributed by atoms with E-state index in [4.69, 9.17) is 38.9 Å². The van der Waals surface area contributed by atoms with Gasteiger partial charge in [0.05, 0.1) is 26.4 Å². The van der Waals surface area contributed by atoms with Crippen LogP contribution in [-0.2, 0) is 28.5 Å². The average Bonchev–Trinajstić information content (AvgIpc) is 2.81. The maximum Gasteiger partial charge on any atom is 0.513 e. The molecule has 0 aliphatic rings. The number of benzene rings is 1. The Bertz CT molecular complexity index is 902. The minimum Gasteiger partial charge on any atom is -0.462 e. The number of hydrogen-bond acceptors (Lipinski definition) is 12. The topological polar surface area (TPSA) is 159 Å². The summed E-state index contributed by atoms with van der Waals surface area (Å²) < 4.78 is 35.2. The van der Waals surface area contributed by atoms with Crippen molar-refractivity contribution < 1.29 is 52.3 Å². The lowest BCUT2D eigenvalue weighted by Gasteiger charge is -2.32. The van der Waals surface area contributed by atoms with Crippen LogP contribution in [0.4, 0.5) is 14.4 Å². The fourth-order valence-corrected chi connectivity index (χ4v) is 2.70. The summed E-state index contributed by atoms with van der Waals surface area (Å²) in [5, 5.41) is 0. The van der Waals surface area contributed by atoms with E-state index in [1.54, 1.807) is 20.8 Å². The van der Waals surface area contributed by atoms with Crippen LogP contribution in [-0.4, -0.2) is 56.6 Å². The van der Waals surface area contributed by atoms with Crippen molar-refractivity contribution in [2.45, 2.75) is 59.6 Å². The summed E-state index contributed by atoms with van der Waals surface area (Å²) in [7, 11) is 0. The first-order chi connectivity index (χ1) is 17.0. The number of carbonyl (C=O) groups excluding carboxylic acids is 4. The van der Waals surface area contributed by atoms with Gasteiger partial charge in [-0.25, -0.2) is 19.2 Å². The Labute approximate surface area is 210 Å². The van der Waals surface area contributed by atoms with Crippen LogP contribution in [0.5, 0.6) is 11.5 Å². The fraction of sp³-hybridized carbons (Fsp3) is 0.583. The lowest BCUT2D eigenvalue weighted by molar-refractivity contribution is -0.170. The van der Waals surface area contributed by atoms with Crippen LogP contribution in [0.25, 0.3) is 0 Å². The largest absolute Gasteiger partial charge is 0.513 e. The van der Waals surface area contributed by atoms with Gasteiger partial charge in [0.15, 0.2) is 11.5 Å². The molecule has 0 heterocycles. The summed E-state index contributed by atoms with van der Waals surface area (Å²) in [5.74, 6) is -2.40. The summed E-state index contributed by atoms with van der Waals surface area (Å²) in [6, 6.07) is 4.02. The summed E-state index contributed by atoms with van der Waals surface area (Å²) in [6.45, 7) is 10.3. The molecule has 0 aromatic heterocycles. The standard InChI is InChI=1S/C24H35NO11/c1-7-12-32-20(26)24(25,36-23(29)33-14-15(4)5)16(6)17-10-11-18(34-21(27)30-8-2)19(13-17)35-22(28)31-9-3/h10-11,13,15-16H,7-9,12,14,25H2,1-6H3/t16?,24-/m1/s1. The van der Waals surface area contributed by atoms with Gasteiger partial charge in [0, 0.05) is 5.92 Å². The Kier molecular flexibility index (Phi) is 12.5. The zero-order valence-corrected chi connectivity index (χ0v) is 21.5.